The third-order valence-corrected chi connectivity index (χ3v) is 4.14. The summed E-state index contributed by atoms with van der Waals surface area (Å²) in [4.78, 5) is 25.1. The van der Waals surface area contributed by atoms with E-state index in [9.17, 15) is 18.4 Å². The molecule has 3 rings (SSSR count). The number of rotatable bonds is 6. The third kappa shape index (κ3) is 4.37. The van der Waals surface area contributed by atoms with Gasteiger partial charge in [0.2, 0.25) is 0 Å². The number of amides is 2. The van der Waals surface area contributed by atoms with E-state index < -0.39 is 23.4 Å². The van der Waals surface area contributed by atoms with Gasteiger partial charge >= 0.3 is 0 Å². The van der Waals surface area contributed by atoms with Crippen molar-refractivity contribution in [1.82, 2.24) is 9.78 Å². The van der Waals surface area contributed by atoms with Crippen LogP contribution in [0.2, 0.25) is 0 Å². The Kier molecular flexibility index (Phi) is 5.95. The van der Waals surface area contributed by atoms with Crippen LogP contribution in [-0.2, 0) is 7.05 Å². The van der Waals surface area contributed by atoms with Gasteiger partial charge in [0.05, 0.1) is 37.4 Å². The standard InChI is InChI=1S/C20H18F2N4O4/c1-26-10-12(9-23-26)20(28)25-16-6-11(7-17(29-2)18(16)30-3)19(27)24-15-5-4-13(21)8-14(15)22/h4-10H,1-3H3,(H,24,27)(H,25,28). The smallest absolute Gasteiger partial charge is 0.258 e. The van der Waals surface area contributed by atoms with Gasteiger partial charge in [0, 0.05) is 24.9 Å². The van der Waals surface area contributed by atoms with Gasteiger partial charge < -0.3 is 20.1 Å². The van der Waals surface area contributed by atoms with Crippen LogP contribution in [0.5, 0.6) is 11.5 Å². The maximum Gasteiger partial charge on any atom is 0.258 e. The molecule has 0 atom stereocenters. The molecule has 2 aromatic carbocycles. The van der Waals surface area contributed by atoms with Crippen LogP contribution in [0, 0.1) is 11.6 Å². The Labute approximate surface area is 170 Å². The predicted molar refractivity (Wildman–Crippen MR) is 105 cm³/mol. The van der Waals surface area contributed by atoms with E-state index in [1.54, 1.807) is 7.05 Å². The second kappa shape index (κ2) is 8.60. The molecule has 0 saturated heterocycles. The molecule has 30 heavy (non-hydrogen) atoms. The van der Waals surface area contributed by atoms with Crippen LogP contribution in [0.3, 0.4) is 0 Å². The van der Waals surface area contributed by atoms with Crippen molar-refractivity contribution in [2.24, 2.45) is 7.05 Å². The van der Waals surface area contributed by atoms with E-state index in [2.05, 4.69) is 15.7 Å². The Balaban J connectivity index is 1.93. The van der Waals surface area contributed by atoms with Gasteiger partial charge in [-0.05, 0) is 24.3 Å². The number of ether oxygens (including phenoxy) is 2. The molecule has 0 aliphatic carbocycles. The lowest BCUT2D eigenvalue weighted by molar-refractivity contribution is 0.101. The highest BCUT2D eigenvalue weighted by atomic mass is 19.1. The molecule has 2 amide bonds. The van der Waals surface area contributed by atoms with Crippen molar-refractivity contribution in [2.45, 2.75) is 0 Å². The summed E-state index contributed by atoms with van der Waals surface area (Å²) in [6.45, 7) is 0. The summed E-state index contributed by atoms with van der Waals surface area (Å²) >= 11 is 0. The lowest BCUT2D eigenvalue weighted by atomic mass is 10.1. The van der Waals surface area contributed by atoms with Crippen LogP contribution in [0.25, 0.3) is 0 Å². The maximum absolute atomic E-state index is 13.9. The number of carbonyl (C=O) groups is 2. The summed E-state index contributed by atoms with van der Waals surface area (Å²) in [5.41, 5.74) is 0.312. The summed E-state index contributed by atoms with van der Waals surface area (Å²) < 4.78 is 39.0. The van der Waals surface area contributed by atoms with E-state index in [0.29, 0.717) is 11.6 Å². The maximum atomic E-state index is 13.9. The number of benzene rings is 2. The molecule has 0 bridgehead atoms. The molecule has 0 radical (unpaired) electrons. The second-order valence-electron chi connectivity index (χ2n) is 6.19. The zero-order valence-electron chi connectivity index (χ0n) is 16.3. The minimum absolute atomic E-state index is 0.0536. The average Bonchev–Trinajstić information content (AvgIpc) is 3.15. The highest BCUT2D eigenvalue weighted by Gasteiger charge is 2.20. The predicted octanol–water partition coefficient (Wildman–Crippen LogP) is 3.22. The first-order valence-electron chi connectivity index (χ1n) is 8.64. The van der Waals surface area contributed by atoms with Crippen LogP contribution in [0.4, 0.5) is 20.2 Å². The number of aromatic nitrogens is 2. The van der Waals surface area contributed by atoms with E-state index >= 15 is 0 Å². The number of aryl methyl sites for hydroxylation is 1. The highest BCUT2D eigenvalue weighted by molar-refractivity contribution is 6.08. The average molecular weight is 416 g/mol. The normalized spacial score (nSPS) is 10.4. The van der Waals surface area contributed by atoms with E-state index in [4.69, 9.17) is 9.47 Å². The van der Waals surface area contributed by atoms with Crippen molar-refractivity contribution in [2.75, 3.05) is 24.9 Å². The molecule has 0 fully saturated rings. The lowest BCUT2D eigenvalue weighted by Gasteiger charge is -2.16. The van der Waals surface area contributed by atoms with E-state index in [-0.39, 0.29) is 28.4 Å². The number of hydrogen-bond donors (Lipinski definition) is 2. The Hall–Kier alpha value is -3.95. The molecule has 3 aromatic rings. The number of hydrogen-bond acceptors (Lipinski definition) is 5. The number of nitrogens with zero attached hydrogens (tertiary/aromatic N) is 2. The van der Waals surface area contributed by atoms with Crippen LogP contribution in [-0.4, -0.2) is 35.8 Å². The van der Waals surface area contributed by atoms with Crippen LogP contribution >= 0.6 is 0 Å². The summed E-state index contributed by atoms with van der Waals surface area (Å²) in [6, 6.07) is 5.51. The molecule has 1 heterocycles. The lowest BCUT2D eigenvalue weighted by Crippen LogP contribution is -2.16. The summed E-state index contributed by atoms with van der Waals surface area (Å²) in [5, 5.41) is 8.93. The van der Waals surface area contributed by atoms with Crippen LogP contribution in [0.15, 0.2) is 42.7 Å². The number of halogens is 2. The number of methoxy groups -OCH3 is 2. The van der Waals surface area contributed by atoms with Gasteiger partial charge in [-0.3, -0.25) is 14.3 Å². The van der Waals surface area contributed by atoms with Crippen molar-refractivity contribution in [3.05, 3.63) is 65.5 Å². The molecule has 2 N–H and O–H groups in total. The fourth-order valence-corrected chi connectivity index (χ4v) is 2.71. The van der Waals surface area contributed by atoms with Crippen molar-refractivity contribution >= 4 is 23.2 Å². The van der Waals surface area contributed by atoms with Gasteiger partial charge in [-0.25, -0.2) is 8.78 Å². The monoisotopic (exact) mass is 416 g/mol. The quantitative estimate of drug-likeness (QED) is 0.644. The minimum atomic E-state index is -0.922. The fraction of sp³-hybridized carbons (Fsp3) is 0.150. The molecule has 0 aliphatic heterocycles. The molecule has 0 spiro atoms. The minimum Gasteiger partial charge on any atom is -0.493 e. The molecular weight excluding hydrogens is 398 g/mol. The Bertz CT molecular complexity index is 1110. The van der Waals surface area contributed by atoms with Gasteiger partial charge in [0.15, 0.2) is 11.5 Å². The molecule has 1 aromatic heterocycles. The van der Waals surface area contributed by atoms with Crippen molar-refractivity contribution in [3.8, 4) is 11.5 Å². The SMILES string of the molecule is COc1cc(C(=O)Nc2ccc(F)cc2F)cc(NC(=O)c2cnn(C)c2)c1OC. The molecule has 0 aliphatic rings. The molecular formula is C20H18F2N4O4. The first-order chi connectivity index (χ1) is 14.3. The van der Waals surface area contributed by atoms with E-state index in [1.807, 2.05) is 0 Å². The van der Waals surface area contributed by atoms with E-state index in [0.717, 1.165) is 12.1 Å². The first kappa shape index (κ1) is 20.8. The Morgan fingerprint density at radius 2 is 1.67 bits per heavy atom. The molecule has 8 nitrogen and oxygen atoms in total. The van der Waals surface area contributed by atoms with Crippen LogP contribution in [0.1, 0.15) is 20.7 Å². The zero-order chi connectivity index (χ0) is 21.8. The van der Waals surface area contributed by atoms with Crippen molar-refractivity contribution < 1.29 is 27.8 Å². The second-order valence-corrected chi connectivity index (χ2v) is 6.19. The van der Waals surface area contributed by atoms with Gasteiger partial charge in [0.25, 0.3) is 11.8 Å². The van der Waals surface area contributed by atoms with E-state index in [1.165, 1.54) is 43.4 Å². The van der Waals surface area contributed by atoms with Gasteiger partial charge in [0.1, 0.15) is 11.6 Å². The number of carbonyl (C=O) groups excluding carboxylic acids is 2. The number of nitrogens with one attached hydrogen (secondary N) is 2. The first-order valence-corrected chi connectivity index (χ1v) is 8.64. The summed E-state index contributed by atoms with van der Waals surface area (Å²) in [7, 11) is 4.41. The number of anilines is 2. The largest absolute Gasteiger partial charge is 0.493 e. The van der Waals surface area contributed by atoms with Gasteiger partial charge in [-0.15, -0.1) is 0 Å². The topological polar surface area (TPSA) is 94.5 Å². The molecule has 0 saturated carbocycles. The third-order valence-electron chi connectivity index (χ3n) is 4.14. The summed E-state index contributed by atoms with van der Waals surface area (Å²) in [6.07, 6.45) is 2.90. The van der Waals surface area contributed by atoms with Crippen LogP contribution < -0.4 is 20.1 Å². The zero-order valence-corrected chi connectivity index (χ0v) is 16.3. The molecule has 0 unspecified atom stereocenters. The van der Waals surface area contributed by atoms with Gasteiger partial charge in [-0.1, -0.05) is 0 Å². The fourth-order valence-electron chi connectivity index (χ4n) is 2.71. The van der Waals surface area contributed by atoms with Crippen molar-refractivity contribution in [1.29, 1.82) is 0 Å². The Morgan fingerprint density at radius 3 is 2.27 bits per heavy atom. The Morgan fingerprint density at radius 1 is 0.967 bits per heavy atom. The highest BCUT2D eigenvalue weighted by Crippen LogP contribution is 2.37. The van der Waals surface area contributed by atoms with Gasteiger partial charge in [-0.2, -0.15) is 5.10 Å². The molecule has 10 heteroatoms. The van der Waals surface area contributed by atoms with Crippen molar-refractivity contribution in [3.63, 3.8) is 0 Å². The molecule has 156 valence electrons. The summed E-state index contributed by atoms with van der Waals surface area (Å²) in [5.74, 6) is -2.50.